The summed E-state index contributed by atoms with van der Waals surface area (Å²) in [5.74, 6) is 0.590. The summed E-state index contributed by atoms with van der Waals surface area (Å²) in [5, 5.41) is 5.99. The van der Waals surface area contributed by atoms with Crippen molar-refractivity contribution in [3.8, 4) is 0 Å². The van der Waals surface area contributed by atoms with E-state index in [1.54, 1.807) is 12.1 Å². The molecule has 1 aromatic heterocycles. The number of alkyl halides is 3. The van der Waals surface area contributed by atoms with E-state index in [2.05, 4.69) is 49.0 Å². The predicted molar refractivity (Wildman–Crippen MR) is 163 cm³/mol. The maximum Gasteiger partial charge on any atom is 0.550 e. The number of rotatable bonds is 9. The molecule has 1 amide bonds. The normalized spacial score (nSPS) is 26.9. The quantitative estimate of drug-likeness (QED) is 0.149. The zero-order valence-corrected chi connectivity index (χ0v) is 26.1. The van der Waals surface area contributed by atoms with Crippen LogP contribution in [0.25, 0.3) is 0 Å². The van der Waals surface area contributed by atoms with Crippen molar-refractivity contribution >= 4 is 42.2 Å². The van der Waals surface area contributed by atoms with Gasteiger partial charge in [0, 0.05) is 4.90 Å². The molecule has 3 unspecified atom stereocenters. The van der Waals surface area contributed by atoms with Crippen molar-refractivity contribution in [3.05, 3.63) is 75.5 Å². The molecule has 0 spiro atoms. The van der Waals surface area contributed by atoms with Gasteiger partial charge in [0.25, 0.3) is 5.56 Å². The molecular formula is C30H33BClF3N4O4S. The highest BCUT2D eigenvalue weighted by Gasteiger charge is 2.66. The summed E-state index contributed by atoms with van der Waals surface area (Å²) in [4.78, 5) is 31.8. The lowest BCUT2D eigenvalue weighted by molar-refractivity contribution is -0.137. The third kappa shape index (κ3) is 5.24. The Morgan fingerprint density at radius 1 is 1.36 bits per heavy atom. The molecule has 2 aliphatic heterocycles. The summed E-state index contributed by atoms with van der Waals surface area (Å²) in [6.07, 6.45) is 1.55. The molecule has 8 nitrogen and oxygen atoms in total. The maximum absolute atomic E-state index is 13.7. The number of halogens is 4. The highest BCUT2D eigenvalue weighted by molar-refractivity contribution is 7.99. The van der Waals surface area contributed by atoms with Crippen molar-refractivity contribution < 1.29 is 27.3 Å². The molecule has 2 aromatic rings. The van der Waals surface area contributed by atoms with Crippen molar-refractivity contribution in [2.24, 2.45) is 17.3 Å². The van der Waals surface area contributed by atoms with Gasteiger partial charge in [-0.1, -0.05) is 37.6 Å². The van der Waals surface area contributed by atoms with E-state index in [9.17, 15) is 22.8 Å². The summed E-state index contributed by atoms with van der Waals surface area (Å²) >= 11 is 7.51. The average Bonchev–Trinajstić information content (AvgIpc) is 3.57. The molecule has 44 heavy (non-hydrogen) atoms. The molecular weight excluding hydrogens is 616 g/mol. The first-order valence-corrected chi connectivity index (χ1v) is 15.9. The number of aromatic nitrogens is 2. The number of thioether (sulfide) groups is 1. The van der Waals surface area contributed by atoms with E-state index in [-0.39, 0.29) is 28.2 Å². The van der Waals surface area contributed by atoms with Crippen molar-refractivity contribution in [2.75, 3.05) is 11.2 Å². The Morgan fingerprint density at radius 2 is 2.14 bits per heavy atom. The van der Waals surface area contributed by atoms with E-state index in [4.69, 9.17) is 20.9 Å². The van der Waals surface area contributed by atoms with Crippen molar-refractivity contribution in [1.82, 2.24) is 14.9 Å². The monoisotopic (exact) mass is 648 g/mol. The lowest BCUT2D eigenvalue weighted by atomic mass is 9.46. The number of nitrogens with one attached hydrogen (secondary N) is 2. The Hall–Kier alpha value is -2.90. The highest BCUT2D eigenvalue weighted by Crippen LogP contribution is 2.64. The first-order chi connectivity index (χ1) is 20.7. The van der Waals surface area contributed by atoms with Gasteiger partial charge < -0.3 is 19.9 Å². The van der Waals surface area contributed by atoms with Crippen LogP contribution in [0.15, 0.2) is 58.4 Å². The fourth-order valence-corrected chi connectivity index (χ4v) is 8.09. The highest BCUT2D eigenvalue weighted by atomic mass is 35.5. The molecule has 2 N–H and O–H groups in total. The minimum atomic E-state index is -4.46. The molecule has 1 saturated carbocycles. The number of nitrogens with zero attached hydrogens (tertiary/aromatic N) is 2. The Kier molecular flexibility index (Phi) is 7.89. The Morgan fingerprint density at radius 3 is 2.84 bits per heavy atom. The van der Waals surface area contributed by atoms with Gasteiger partial charge in [-0.05, 0) is 74.1 Å². The van der Waals surface area contributed by atoms with Crippen LogP contribution in [0.3, 0.4) is 0 Å². The molecule has 2 fully saturated rings. The smallest absolute Gasteiger partial charge is 0.536 e. The maximum atomic E-state index is 13.7. The summed E-state index contributed by atoms with van der Waals surface area (Å²) in [6.45, 7) is 10.4. The lowest BCUT2D eigenvalue weighted by Crippen LogP contribution is -2.59. The number of fused-ring (bicyclic) bond motifs is 1. The Labute approximate surface area is 262 Å². The number of amides is 1. The molecule has 0 radical (unpaired) electrons. The number of carbonyl (C=O) groups excluding carboxylic acids is 1. The van der Waals surface area contributed by atoms with Crippen LogP contribution in [-0.4, -0.2) is 40.0 Å². The molecule has 2 bridgehead atoms. The summed E-state index contributed by atoms with van der Waals surface area (Å²) in [5.41, 5.74) is -1.32. The van der Waals surface area contributed by atoms with E-state index in [0.29, 0.717) is 41.7 Å². The van der Waals surface area contributed by atoms with Gasteiger partial charge in [0.15, 0.2) is 11.0 Å². The molecule has 234 valence electrons. The van der Waals surface area contributed by atoms with Gasteiger partial charge in [-0.25, -0.2) is 4.98 Å². The third-order valence-corrected chi connectivity index (χ3v) is 10.8. The Balaban J connectivity index is 1.16. The molecule has 5 atom stereocenters. The van der Waals surface area contributed by atoms with Gasteiger partial charge in [0.2, 0.25) is 5.91 Å². The fourth-order valence-electron chi connectivity index (χ4n) is 7.06. The standard InChI is InChI=1S/C30H33BClF3N4O4S/c1-5-7-23(31-42-22-14-17-13-21(28(17,2)3)29(22,4)43-31)37-26(40)20-11-10-19-24(32)38-25(27(41)39(19)20)36-15-44-18-9-6-8-16(12-18)30(33,34)35/h5-6,8-9,12,14,17,20-21,23H,1,7,10-11,13,15H2,2-4H3,(H,36,38)(H,37,40)/t17?,20-,21?,23-,29?/m0/s1. The Bertz CT molecular complexity index is 1600. The largest absolute Gasteiger partial charge is 0.550 e. The second-order valence-corrected chi connectivity index (χ2v) is 13.9. The zero-order valence-electron chi connectivity index (χ0n) is 24.5. The van der Waals surface area contributed by atoms with Crippen LogP contribution in [0, 0.1) is 17.3 Å². The average molecular weight is 649 g/mol. The molecule has 5 aliphatic rings. The molecule has 1 aromatic carbocycles. The zero-order chi connectivity index (χ0) is 31.6. The van der Waals surface area contributed by atoms with E-state index in [0.717, 1.165) is 36.1 Å². The van der Waals surface area contributed by atoms with Crippen LogP contribution in [0.5, 0.6) is 0 Å². The van der Waals surface area contributed by atoms with Gasteiger partial charge in [0.1, 0.15) is 17.4 Å². The third-order valence-electron chi connectivity index (χ3n) is 9.60. The van der Waals surface area contributed by atoms with Crippen LogP contribution in [0.4, 0.5) is 19.0 Å². The minimum Gasteiger partial charge on any atom is -0.536 e. The van der Waals surface area contributed by atoms with E-state index in [1.807, 2.05) is 0 Å². The summed E-state index contributed by atoms with van der Waals surface area (Å²) < 4.78 is 53.4. The number of allylic oxidation sites excluding steroid dienone is 1. The second-order valence-electron chi connectivity index (χ2n) is 12.5. The first-order valence-electron chi connectivity index (χ1n) is 14.6. The van der Waals surface area contributed by atoms with Gasteiger partial charge in [0.05, 0.1) is 23.1 Å². The van der Waals surface area contributed by atoms with Gasteiger partial charge in [-0.2, -0.15) is 13.2 Å². The predicted octanol–water partition coefficient (Wildman–Crippen LogP) is 6.02. The summed E-state index contributed by atoms with van der Waals surface area (Å²) in [7, 11) is -0.716. The van der Waals surface area contributed by atoms with E-state index in [1.165, 1.54) is 10.6 Å². The number of hydrogen-bond acceptors (Lipinski definition) is 7. The van der Waals surface area contributed by atoms with Crippen molar-refractivity contribution in [2.45, 2.75) is 75.1 Å². The molecule has 3 heterocycles. The SMILES string of the molecule is C=CC[C@H](NC(=O)[C@@H]1CCc2c(Cl)nc(NCSc3cccc(C(F)(F)F)c3)c(=O)n21)B1OC2=CC3CC(C2(C)O1)C3(C)C. The second kappa shape index (κ2) is 11.2. The molecule has 14 heteroatoms. The van der Waals surface area contributed by atoms with Crippen molar-refractivity contribution in [3.63, 3.8) is 0 Å². The molecule has 7 rings (SSSR count). The fraction of sp³-hybridized carbons (Fsp3) is 0.500. The van der Waals surface area contributed by atoms with Gasteiger partial charge >= 0.3 is 13.3 Å². The summed E-state index contributed by atoms with van der Waals surface area (Å²) in [6, 6.07) is 4.06. The van der Waals surface area contributed by atoms with Crippen LogP contribution in [0.2, 0.25) is 5.15 Å². The minimum absolute atomic E-state index is 0.0567. The first kappa shape index (κ1) is 31.1. The topological polar surface area (TPSA) is 94.5 Å². The van der Waals surface area contributed by atoms with Crippen LogP contribution < -0.4 is 16.2 Å². The van der Waals surface area contributed by atoms with Crippen LogP contribution in [-0.2, 0) is 26.7 Å². The number of carbonyl (C=O) groups is 1. The molecule has 3 aliphatic carbocycles. The molecule has 1 saturated heterocycles. The van der Waals surface area contributed by atoms with E-state index < -0.39 is 42.0 Å². The van der Waals surface area contributed by atoms with Crippen molar-refractivity contribution in [1.29, 1.82) is 0 Å². The van der Waals surface area contributed by atoms with Gasteiger partial charge in [-0.3, -0.25) is 14.2 Å². The lowest BCUT2D eigenvalue weighted by Gasteiger charge is -2.60. The van der Waals surface area contributed by atoms with Gasteiger partial charge in [-0.15, -0.1) is 18.3 Å². The number of benzene rings is 1. The number of hydrogen-bond donors (Lipinski definition) is 2. The van der Waals surface area contributed by atoms with Crippen LogP contribution in [0.1, 0.15) is 57.3 Å². The number of anilines is 1. The van der Waals surface area contributed by atoms with E-state index >= 15 is 0 Å². The van der Waals surface area contributed by atoms with Crippen LogP contribution >= 0.6 is 23.4 Å².